The standard InChI is InChI=1S/C12H13F3N2OS/c1-8-9(2-3-10(16-8)12(13,14)15)11(18)17-4-6-19-7-5-17/h2-3H,4-7H2,1H3. The van der Waals surface area contributed by atoms with Crippen LogP contribution >= 0.6 is 11.8 Å². The molecular formula is C12H13F3N2OS. The molecule has 1 saturated heterocycles. The van der Waals surface area contributed by atoms with Gasteiger partial charge in [0.2, 0.25) is 0 Å². The normalized spacial score (nSPS) is 16.5. The molecule has 1 aliphatic heterocycles. The monoisotopic (exact) mass is 290 g/mol. The van der Waals surface area contributed by atoms with Crippen LogP contribution in [0.3, 0.4) is 0 Å². The van der Waals surface area contributed by atoms with Crippen LogP contribution < -0.4 is 0 Å². The number of carbonyl (C=O) groups is 1. The quantitative estimate of drug-likeness (QED) is 0.797. The van der Waals surface area contributed by atoms with Crippen molar-refractivity contribution in [1.82, 2.24) is 9.88 Å². The first-order valence-corrected chi connectivity index (χ1v) is 6.97. The molecule has 0 N–H and O–H groups in total. The molecule has 0 atom stereocenters. The number of carbonyl (C=O) groups excluding carboxylic acids is 1. The van der Waals surface area contributed by atoms with Gasteiger partial charge < -0.3 is 4.90 Å². The van der Waals surface area contributed by atoms with Crippen molar-refractivity contribution in [2.24, 2.45) is 0 Å². The summed E-state index contributed by atoms with van der Waals surface area (Å²) in [6, 6.07) is 2.08. The fourth-order valence-corrected chi connectivity index (χ4v) is 2.78. The molecule has 0 unspecified atom stereocenters. The second-order valence-electron chi connectivity index (χ2n) is 4.23. The van der Waals surface area contributed by atoms with E-state index < -0.39 is 11.9 Å². The third-order valence-corrected chi connectivity index (χ3v) is 3.85. The highest BCUT2D eigenvalue weighted by Gasteiger charge is 2.33. The van der Waals surface area contributed by atoms with E-state index in [9.17, 15) is 18.0 Å². The minimum atomic E-state index is -4.48. The molecular weight excluding hydrogens is 277 g/mol. The Hall–Kier alpha value is -1.24. The molecule has 0 aliphatic carbocycles. The Kier molecular flexibility index (Phi) is 4.03. The average molecular weight is 290 g/mol. The summed E-state index contributed by atoms with van der Waals surface area (Å²) in [5, 5.41) is 0. The first kappa shape index (κ1) is 14.2. The topological polar surface area (TPSA) is 33.2 Å². The minimum Gasteiger partial charge on any atom is -0.337 e. The van der Waals surface area contributed by atoms with Crippen molar-refractivity contribution in [2.75, 3.05) is 24.6 Å². The summed E-state index contributed by atoms with van der Waals surface area (Å²) in [5.74, 6) is 1.48. The lowest BCUT2D eigenvalue weighted by molar-refractivity contribution is -0.141. The van der Waals surface area contributed by atoms with Crippen molar-refractivity contribution in [3.05, 3.63) is 29.1 Å². The maximum atomic E-state index is 12.5. The molecule has 0 spiro atoms. The molecule has 2 rings (SSSR count). The van der Waals surface area contributed by atoms with Crippen molar-refractivity contribution in [1.29, 1.82) is 0 Å². The molecule has 1 aromatic rings. The fraction of sp³-hybridized carbons (Fsp3) is 0.500. The number of hydrogen-bond donors (Lipinski definition) is 0. The zero-order valence-electron chi connectivity index (χ0n) is 10.3. The largest absolute Gasteiger partial charge is 0.433 e. The summed E-state index contributed by atoms with van der Waals surface area (Å²) in [7, 11) is 0. The van der Waals surface area contributed by atoms with Crippen LogP contribution in [0, 0.1) is 6.92 Å². The second kappa shape index (κ2) is 5.40. The van der Waals surface area contributed by atoms with Gasteiger partial charge in [-0.15, -0.1) is 0 Å². The van der Waals surface area contributed by atoms with E-state index in [0.717, 1.165) is 17.6 Å². The number of rotatable bonds is 1. The number of nitrogens with zero attached hydrogens (tertiary/aromatic N) is 2. The summed E-state index contributed by atoms with van der Waals surface area (Å²) < 4.78 is 37.5. The molecule has 0 bridgehead atoms. The van der Waals surface area contributed by atoms with Gasteiger partial charge in [-0.3, -0.25) is 4.79 Å². The first-order chi connectivity index (χ1) is 8.89. The Morgan fingerprint density at radius 3 is 2.47 bits per heavy atom. The lowest BCUT2D eigenvalue weighted by Gasteiger charge is -2.26. The lowest BCUT2D eigenvalue weighted by atomic mass is 10.1. The predicted molar refractivity (Wildman–Crippen MR) is 67.2 cm³/mol. The third-order valence-electron chi connectivity index (χ3n) is 2.90. The maximum Gasteiger partial charge on any atom is 0.433 e. The lowest BCUT2D eigenvalue weighted by Crippen LogP contribution is -2.38. The van der Waals surface area contributed by atoms with Gasteiger partial charge in [0, 0.05) is 24.6 Å². The molecule has 0 radical (unpaired) electrons. The summed E-state index contributed by atoms with van der Waals surface area (Å²) >= 11 is 1.76. The number of pyridine rings is 1. The molecule has 2 heterocycles. The van der Waals surface area contributed by atoms with Crippen molar-refractivity contribution < 1.29 is 18.0 Å². The molecule has 7 heteroatoms. The van der Waals surface area contributed by atoms with Crippen LogP contribution in [0.1, 0.15) is 21.7 Å². The van der Waals surface area contributed by atoms with Crippen molar-refractivity contribution >= 4 is 17.7 Å². The zero-order chi connectivity index (χ0) is 14.0. The highest BCUT2D eigenvalue weighted by Crippen LogP contribution is 2.28. The molecule has 19 heavy (non-hydrogen) atoms. The van der Waals surface area contributed by atoms with E-state index in [1.807, 2.05) is 0 Å². The molecule has 1 aromatic heterocycles. The number of halogens is 3. The van der Waals surface area contributed by atoms with E-state index in [1.54, 1.807) is 16.7 Å². The number of thioether (sulfide) groups is 1. The number of alkyl halides is 3. The van der Waals surface area contributed by atoms with Gasteiger partial charge in [-0.2, -0.15) is 24.9 Å². The summed E-state index contributed by atoms with van der Waals surface area (Å²) in [6.45, 7) is 2.69. The second-order valence-corrected chi connectivity index (χ2v) is 5.46. The van der Waals surface area contributed by atoms with Gasteiger partial charge in [0.05, 0.1) is 11.3 Å². The van der Waals surface area contributed by atoms with Crippen LogP contribution in [-0.2, 0) is 6.18 Å². The van der Waals surface area contributed by atoms with Gasteiger partial charge in [0.25, 0.3) is 5.91 Å². The van der Waals surface area contributed by atoms with E-state index in [4.69, 9.17) is 0 Å². The molecule has 0 aromatic carbocycles. The third kappa shape index (κ3) is 3.20. The van der Waals surface area contributed by atoms with Crippen LogP contribution in [0.4, 0.5) is 13.2 Å². The smallest absolute Gasteiger partial charge is 0.337 e. The van der Waals surface area contributed by atoms with E-state index in [1.165, 1.54) is 13.0 Å². The van der Waals surface area contributed by atoms with Crippen molar-refractivity contribution in [3.8, 4) is 0 Å². The molecule has 1 amide bonds. The SMILES string of the molecule is Cc1nc(C(F)(F)F)ccc1C(=O)N1CCSCC1. The summed E-state index contributed by atoms with van der Waals surface area (Å²) in [4.78, 5) is 17.3. The fourth-order valence-electron chi connectivity index (χ4n) is 1.88. The Bertz CT molecular complexity index is 484. The summed E-state index contributed by atoms with van der Waals surface area (Å²) in [6.07, 6.45) is -4.48. The Morgan fingerprint density at radius 1 is 1.32 bits per heavy atom. The Labute approximate surface area is 113 Å². The number of aryl methyl sites for hydroxylation is 1. The van der Waals surface area contributed by atoms with Crippen molar-refractivity contribution in [2.45, 2.75) is 13.1 Å². The number of amides is 1. The Balaban J connectivity index is 2.23. The highest BCUT2D eigenvalue weighted by atomic mass is 32.2. The van der Waals surface area contributed by atoms with Crippen LogP contribution in [0.5, 0.6) is 0 Å². The molecule has 3 nitrogen and oxygen atoms in total. The summed E-state index contributed by atoms with van der Waals surface area (Å²) in [5.41, 5.74) is -0.589. The van der Waals surface area contributed by atoms with Gasteiger partial charge in [-0.25, -0.2) is 4.98 Å². The highest BCUT2D eigenvalue weighted by molar-refractivity contribution is 7.99. The van der Waals surface area contributed by atoms with Gasteiger partial charge in [-0.05, 0) is 19.1 Å². The predicted octanol–water partition coefficient (Wildman–Crippen LogP) is 2.60. The van der Waals surface area contributed by atoms with E-state index in [-0.39, 0.29) is 17.2 Å². The molecule has 0 saturated carbocycles. The maximum absolute atomic E-state index is 12.5. The molecule has 1 fully saturated rings. The van der Waals surface area contributed by atoms with Gasteiger partial charge in [0.1, 0.15) is 5.69 Å². The van der Waals surface area contributed by atoms with E-state index in [2.05, 4.69) is 4.98 Å². The molecule has 104 valence electrons. The zero-order valence-corrected chi connectivity index (χ0v) is 11.1. The van der Waals surface area contributed by atoms with Gasteiger partial charge >= 0.3 is 6.18 Å². The van der Waals surface area contributed by atoms with E-state index >= 15 is 0 Å². The molecule has 1 aliphatic rings. The van der Waals surface area contributed by atoms with Crippen molar-refractivity contribution in [3.63, 3.8) is 0 Å². The number of aromatic nitrogens is 1. The van der Waals surface area contributed by atoms with Gasteiger partial charge in [0.15, 0.2) is 0 Å². The van der Waals surface area contributed by atoms with Gasteiger partial charge in [-0.1, -0.05) is 0 Å². The first-order valence-electron chi connectivity index (χ1n) is 5.81. The van der Waals surface area contributed by atoms with Crippen LogP contribution in [0.15, 0.2) is 12.1 Å². The minimum absolute atomic E-state index is 0.123. The Morgan fingerprint density at radius 2 is 1.95 bits per heavy atom. The van der Waals surface area contributed by atoms with Crippen LogP contribution in [-0.4, -0.2) is 40.4 Å². The van der Waals surface area contributed by atoms with E-state index in [0.29, 0.717) is 13.1 Å². The van der Waals surface area contributed by atoms with Crippen LogP contribution in [0.2, 0.25) is 0 Å². The number of hydrogen-bond acceptors (Lipinski definition) is 3. The van der Waals surface area contributed by atoms with Crippen LogP contribution in [0.25, 0.3) is 0 Å². The average Bonchev–Trinajstić information content (AvgIpc) is 2.38.